The van der Waals surface area contributed by atoms with Crippen molar-refractivity contribution >= 4 is 11.8 Å². The van der Waals surface area contributed by atoms with Crippen LogP contribution in [0.3, 0.4) is 0 Å². The number of nitrogens with zero attached hydrogens (tertiary/aromatic N) is 3. The minimum Gasteiger partial charge on any atom is -0.378 e. The first-order valence-corrected chi connectivity index (χ1v) is 9.48. The molecule has 0 bridgehead atoms. The molecule has 1 saturated heterocycles. The van der Waals surface area contributed by atoms with Crippen LogP contribution in [-0.4, -0.2) is 66.0 Å². The number of carbonyl (C=O) groups is 2. The van der Waals surface area contributed by atoms with Crippen LogP contribution in [0.15, 0.2) is 24.4 Å². The van der Waals surface area contributed by atoms with Crippen LogP contribution in [-0.2, 0) is 14.3 Å². The van der Waals surface area contributed by atoms with Crippen molar-refractivity contribution in [2.45, 2.75) is 50.7 Å². The average molecular weight is 359 g/mol. The van der Waals surface area contributed by atoms with Crippen LogP contribution in [0.5, 0.6) is 0 Å². The molecule has 3 atom stereocenters. The lowest BCUT2D eigenvalue weighted by Crippen LogP contribution is -2.48. The van der Waals surface area contributed by atoms with Gasteiger partial charge in [0.25, 0.3) is 0 Å². The van der Waals surface area contributed by atoms with Gasteiger partial charge in [-0.2, -0.15) is 0 Å². The topological polar surface area (TPSA) is 62.7 Å². The first kappa shape index (κ1) is 18.8. The molecule has 0 radical (unpaired) electrons. The number of likely N-dealkylation sites (tertiary alicyclic amines) is 1. The second kappa shape index (κ2) is 8.16. The third kappa shape index (κ3) is 3.75. The van der Waals surface area contributed by atoms with Gasteiger partial charge in [-0.25, -0.2) is 0 Å². The maximum absolute atomic E-state index is 13.1. The van der Waals surface area contributed by atoms with Gasteiger partial charge in [0.15, 0.2) is 0 Å². The van der Waals surface area contributed by atoms with Crippen LogP contribution in [0.25, 0.3) is 0 Å². The quantitative estimate of drug-likeness (QED) is 0.826. The van der Waals surface area contributed by atoms with Gasteiger partial charge in [0.05, 0.1) is 18.1 Å². The van der Waals surface area contributed by atoms with Gasteiger partial charge in [0.2, 0.25) is 11.8 Å². The number of methoxy groups -OCH3 is 1. The highest BCUT2D eigenvalue weighted by atomic mass is 16.5. The maximum Gasteiger partial charge on any atom is 0.228 e. The Bertz CT molecular complexity index is 628. The summed E-state index contributed by atoms with van der Waals surface area (Å²) >= 11 is 0. The van der Waals surface area contributed by atoms with Crippen LogP contribution in [0.2, 0.25) is 0 Å². The van der Waals surface area contributed by atoms with Gasteiger partial charge in [0.1, 0.15) is 0 Å². The molecule has 0 unspecified atom stereocenters. The molecule has 6 nitrogen and oxygen atoms in total. The van der Waals surface area contributed by atoms with Crippen molar-refractivity contribution in [2.24, 2.45) is 5.92 Å². The smallest absolute Gasteiger partial charge is 0.228 e. The van der Waals surface area contributed by atoms with E-state index in [1.807, 2.05) is 23.2 Å². The standard InChI is InChI=1S/C20H29N3O3/c1-14(24)22(2)18-8-7-16(19(18)26-3)20(25)23-12-9-15(10-13-23)17-6-4-5-11-21-17/h4-6,11,15-16,18-19H,7-10,12-13H2,1-3H3/t16-,18-,19+/m1/s1. The molecular weight excluding hydrogens is 330 g/mol. The Morgan fingerprint density at radius 3 is 2.50 bits per heavy atom. The molecule has 1 aliphatic heterocycles. The minimum atomic E-state index is -0.218. The molecule has 26 heavy (non-hydrogen) atoms. The van der Waals surface area contributed by atoms with Gasteiger partial charge in [-0.15, -0.1) is 0 Å². The van der Waals surface area contributed by atoms with Gasteiger partial charge in [-0.3, -0.25) is 14.6 Å². The van der Waals surface area contributed by atoms with E-state index in [2.05, 4.69) is 11.1 Å². The van der Waals surface area contributed by atoms with Crippen molar-refractivity contribution in [1.82, 2.24) is 14.8 Å². The third-order valence-electron chi connectivity index (χ3n) is 6.05. The normalized spacial score (nSPS) is 26.7. The molecule has 2 aliphatic rings. The van der Waals surface area contributed by atoms with Crippen LogP contribution < -0.4 is 0 Å². The van der Waals surface area contributed by atoms with E-state index in [9.17, 15) is 9.59 Å². The van der Waals surface area contributed by atoms with E-state index in [1.165, 1.54) is 0 Å². The fourth-order valence-electron chi connectivity index (χ4n) is 4.43. The van der Waals surface area contributed by atoms with Crippen molar-refractivity contribution < 1.29 is 14.3 Å². The second-order valence-electron chi connectivity index (χ2n) is 7.44. The summed E-state index contributed by atoms with van der Waals surface area (Å²) in [7, 11) is 3.44. The van der Waals surface area contributed by atoms with Gasteiger partial charge >= 0.3 is 0 Å². The number of aromatic nitrogens is 1. The van der Waals surface area contributed by atoms with E-state index in [1.54, 1.807) is 26.0 Å². The van der Waals surface area contributed by atoms with Gasteiger partial charge in [-0.1, -0.05) is 6.07 Å². The monoisotopic (exact) mass is 359 g/mol. The first-order valence-electron chi connectivity index (χ1n) is 9.48. The first-order chi connectivity index (χ1) is 12.5. The van der Waals surface area contributed by atoms with Gasteiger partial charge in [-0.05, 0) is 37.8 Å². The molecule has 0 spiro atoms. The summed E-state index contributed by atoms with van der Waals surface area (Å²) < 4.78 is 5.66. The molecule has 1 aromatic rings. The minimum absolute atomic E-state index is 0.0151. The number of rotatable bonds is 4. The number of hydrogen-bond acceptors (Lipinski definition) is 4. The number of amides is 2. The Labute approximate surface area is 155 Å². The lowest BCUT2D eigenvalue weighted by molar-refractivity contribution is -0.143. The number of carbonyl (C=O) groups excluding carboxylic acids is 2. The number of hydrogen-bond donors (Lipinski definition) is 0. The molecule has 142 valence electrons. The highest BCUT2D eigenvalue weighted by Crippen LogP contribution is 2.35. The Hall–Kier alpha value is -1.95. The van der Waals surface area contributed by atoms with Crippen molar-refractivity contribution in [3.05, 3.63) is 30.1 Å². The van der Waals surface area contributed by atoms with Crippen molar-refractivity contribution in [3.8, 4) is 0 Å². The third-order valence-corrected chi connectivity index (χ3v) is 6.05. The summed E-state index contributed by atoms with van der Waals surface area (Å²) in [5.74, 6) is 0.467. The average Bonchev–Trinajstić information content (AvgIpc) is 3.11. The lowest BCUT2D eigenvalue weighted by Gasteiger charge is -2.35. The molecule has 3 rings (SSSR count). The fraction of sp³-hybridized carbons (Fsp3) is 0.650. The molecule has 2 fully saturated rings. The second-order valence-corrected chi connectivity index (χ2v) is 7.44. The SMILES string of the molecule is CO[C@@H]1[C@H](N(C)C(C)=O)CC[C@H]1C(=O)N1CCC(c2ccccn2)CC1. The zero-order valence-electron chi connectivity index (χ0n) is 15.9. The van der Waals surface area contributed by atoms with Gasteiger partial charge in [0, 0.05) is 52.0 Å². The van der Waals surface area contributed by atoms with E-state index < -0.39 is 0 Å². The van der Waals surface area contributed by atoms with Crippen LogP contribution in [0.1, 0.15) is 44.2 Å². The lowest BCUT2D eigenvalue weighted by atomic mass is 9.91. The van der Waals surface area contributed by atoms with E-state index in [0.717, 1.165) is 44.5 Å². The zero-order chi connectivity index (χ0) is 18.7. The Morgan fingerprint density at radius 1 is 1.19 bits per heavy atom. The maximum atomic E-state index is 13.1. The van der Waals surface area contributed by atoms with E-state index in [0.29, 0.717) is 5.92 Å². The highest BCUT2D eigenvalue weighted by molar-refractivity contribution is 5.80. The Balaban J connectivity index is 1.60. The predicted octanol–water partition coefficient (Wildman–Crippen LogP) is 2.06. The summed E-state index contributed by atoms with van der Waals surface area (Å²) in [6.45, 7) is 3.09. The van der Waals surface area contributed by atoms with E-state index in [4.69, 9.17) is 4.74 Å². The fourth-order valence-corrected chi connectivity index (χ4v) is 4.43. The summed E-state index contributed by atoms with van der Waals surface area (Å²) in [4.78, 5) is 32.9. The molecule has 1 aliphatic carbocycles. The Morgan fingerprint density at radius 2 is 1.92 bits per heavy atom. The number of ether oxygens (including phenoxy) is 1. The molecule has 2 amide bonds. The van der Waals surface area contributed by atoms with Crippen molar-refractivity contribution in [3.63, 3.8) is 0 Å². The highest BCUT2D eigenvalue weighted by Gasteiger charge is 2.44. The zero-order valence-corrected chi connectivity index (χ0v) is 15.9. The van der Waals surface area contributed by atoms with Crippen LogP contribution in [0, 0.1) is 5.92 Å². The van der Waals surface area contributed by atoms with Gasteiger partial charge < -0.3 is 14.5 Å². The van der Waals surface area contributed by atoms with E-state index >= 15 is 0 Å². The molecular formula is C20H29N3O3. The number of piperidine rings is 1. The van der Waals surface area contributed by atoms with Crippen LogP contribution >= 0.6 is 0 Å². The molecule has 0 N–H and O–H groups in total. The summed E-state index contributed by atoms with van der Waals surface area (Å²) in [5, 5.41) is 0. The molecule has 1 saturated carbocycles. The number of likely N-dealkylation sites (N-methyl/N-ethyl adjacent to an activating group) is 1. The summed E-state index contributed by atoms with van der Waals surface area (Å²) in [5.41, 5.74) is 1.12. The molecule has 6 heteroatoms. The van der Waals surface area contributed by atoms with E-state index in [-0.39, 0.29) is 29.9 Å². The Kier molecular flexibility index (Phi) is 5.91. The summed E-state index contributed by atoms with van der Waals surface area (Å²) in [6, 6.07) is 6.01. The van der Waals surface area contributed by atoms with Crippen molar-refractivity contribution in [1.29, 1.82) is 0 Å². The molecule has 1 aromatic heterocycles. The largest absolute Gasteiger partial charge is 0.378 e. The summed E-state index contributed by atoms with van der Waals surface area (Å²) in [6.07, 6.45) is 5.10. The predicted molar refractivity (Wildman–Crippen MR) is 98.5 cm³/mol. The molecule has 0 aromatic carbocycles. The van der Waals surface area contributed by atoms with Crippen molar-refractivity contribution in [2.75, 3.05) is 27.2 Å². The molecule has 2 heterocycles. The van der Waals surface area contributed by atoms with Crippen LogP contribution in [0.4, 0.5) is 0 Å². The number of pyridine rings is 1.